The van der Waals surface area contributed by atoms with Gasteiger partial charge in [0.25, 0.3) is 0 Å². The van der Waals surface area contributed by atoms with Crippen LogP contribution in [-0.2, 0) is 15.6 Å². The second-order valence-electron chi connectivity index (χ2n) is 9.62. The Bertz CT molecular complexity index is 1070. The first-order chi connectivity index (χ1) is 17.8. The second-order valence-corrected chi connectivity index (χ2v) is 11.8. The fourth-order valence-electron chi connectivity index (χ4n) is 4.20. The second kappa shape index (κ2) is 16.8. The van der Waals surface area contributed by atoms with E-state index in [9.17, 15) is 18.3 Å². The molecule has 0 heterocycles. The van der Waals surface area contributed by atoms with Crippen molar-refractivity contribution in [2.75, 3.05) is 16.4 Å². The molecule has 0 fully saturated rings. The minimum absolute atomic E-state index is 0.130. The average Bonchev–Trinajstić information content (AvgIpc) is 2.86. The van der Waals surface area contributed by atoms with Gasteiger partial charge in [-0.3, -0.25) is 4.99 Å². The predicted molar refractivity (Wildman–Crippen MR) is 155 cm³/mol. The van der Waals surface area contributed by atoms with Gasteiger partial charge in [0.05, 0.1) is 22.9 Å². The van der Waals surface area contributed by atoms with Crippen molar-refractivity contribution < 1.29 is 18.3 Å². The van der Waals surface area contributed by atoms with Gasteiger partial charge < -0.3 is 15.7 Å². The number of benzene rings is 2. The van der Waals surface area contributed by atoms with Crippen LogP contribution in [0.25, 0.3) is 0 Å². The number of unbranched alkanes of at least 4 members (excludes halogenated alkanes) is 11. The normalized spacial score (nSPS) is 11.3. The Balaban J connectivity index is 1.66. The average molecular weight is 530 g/mol. The largest absolute Gasteiger partial charge is 0.506 e. The number of hydrogen-bond donors (Lipinski definition) is 3. The molecule has 204 valence electrons. The van der Waals surface area contributed by atoms with Gasteiger partial charge in [0.15, 0.2) is 9.84 Å². The first-order valence-corrected chi connectivity index (χ1v) is 15.3. The third-order valence-electron chi connectivity index (χ3n) is 6.31. The van der Waals surface area contributed by atoms with Crippen LogP contribution >= 0.6 is 0 Å². The number of carbonyl (C=O) groups excluding carboxylic acids is 1. The summed E-state index contributed by atoms with van der Waals surface area (Å²) in [6.45, 7) is 5.68. The van der Waals surface area contributed by atoms with Crippen LogP contribution in [0.15, 0.2) is 47.5 Å². The number of phenols is 1. The Morgan fingerprint density at radius 1 is 0.838 bits per heavy atom. The molecule has 0 bridgehead atoms. The smallest absolute Gasteiger partial charge is 0.323 e. The number of aliphatic imine (C=N–C) groups is 1. The predicted octanol–water partition coefficient (Wildman–Crippen LogP) is 7.98. The van der Waals surface area contributed by atoms with Crippen LogP contribution in [0.5, 0.6) is 5.75 Å². The molecule has 8 heteroatoms. The third kappa shape index (κ3) is 12.8. The summed E-state index contributed by atoms with van der Waals surface area (Å²) in [5.74, 6) is -0.165. The van der Waals surface area contributed by atoms with Crippen LogP contribution in [0, 0.1) is 0 Å². The quantitative estimate of drug-likeness (QED) is 0.103. The van der Waals surface area contributed by atoms with Crippen molar-refractivity contribution in [3.63, 3.8) is 0 Å². The van der Waals surface area contributed by atoms with E-state index in [4.69, 9.17) is 0 Å². The molecule has 37 heavy (non-hydrogen) atoms. The maximum Gasteiger partial charge on any atom is 0.323 e. The molecule has 2 aromatic rings. The van der Waals surface area contributed by atoms with Crippen molar-refractivity contribution in [1.29, 1.82) is 0 Å². The number of rotatable bonds is 18. The standard InChI is InChI=1S/C29H43N3O4S/c1-3-4-5-6-7-8-9-10-11-12-13-14-21-37(35,36)23-24-15-20-27(28(33)22-24)32-29(34)31-26-18-16-25(30-2)17-19-26/h15-20,22,33H,2-14,21,23H2,1H3,(H2,31,32,34). The van der Waals surface area contributed by atoms with Crippen LogP contribution in [0.2, 0.25) is 0 Å². The summed E-state index contributed by atoms with van der Waals surface area (Å²) in [5.41, 5.74) is 1.94. The number of anilines is 2. The number of hydrogen-bond acceptors (Lipinski definition) is 5. The topological polar surface area (TPSA) is 108 Å². The SMILES string of the molecule is C=Nc1ccc(NC(=O)Nc2ccc(CS(=O)(=O)CCCCCCCCCCCCCC)cc2O)cc1. The zero-order chi connectivity index (χ0) is 26.9. The highest BCUT2D eigenvalue weighted by molar-refractivity contribution is 7.90. The Labute approximate surface area is 222 Å². The van der Waals surface area contributed by atoms with Gasteiger partial charge in [-0.05, 0) is 55.1 Å². The van der Waals surface area contributed by atoms with E-state index in [2.05, 4.69) is 29.3 Å². The number of amides is 2. The lowest BCUT2D eigenvalue weighted by molar-refractivity contribution is 0.262. The summed E-state index contributed by atoms with van der Waals surface area (Å²) in [6, 6.07) is 10.8. The van der Waals surface area contributed by atoms with Gasteiger partial charge >= 0.3 is 6.03 Å². The number of nitrogens with one attached hydrogen (secondary N) is 2. The zero-order valence-electron chi connectivity index (χ0n) is 22.2. The molecule has 3 N–H and O–H groups in total. The lowest BCUT2D eigenvalue weighted by atomic mass is 10.1. The Kier molecular flexibility index (Phi) is 13.8. The maximum atomic E-state index is 12.5. The molecule has 2 aromatic carbocycles. The van der Waals surface area contributed by atoms with E-state index in [1.54, 1.807) is 30.3 Å². The van der Waals surface area contributed by atoms with E-state index in [1.165, 1.54) is 69.9 Å². The molecule has 0 radical (unpaired) electrons. The molecule has 0 spiro atoms. The molecule has 7 nitrogen and oxygen atoms in total. The van der Waals surface area contributed by atoms with E-state index in [1.807, 2.05) is 0 Å². The van der Waals surface area contributed by atoms with E-state index in [0.717, 1.165) is 12.8 Å². The highest BCUT2D eigenvalue weighted by atomic mass is 32.2. The molecule has 0 aliphatic carbocycles. The van der Waals surface area contributed by atoms with Crippen molar-refractivity contribution in [3.05, 3.63) is 48.0 Å². The summed E-state index contributed by atoms with van der Waals surface area (Å²) in [4.78, 5) is 16.0. The Morgan fingerprint density at radius 3 is 1.95 bits per heavy atom. The molecule has 0 aliphatic rings. The van der Waals surface area contributed by atoms with E-state index in [-0.39, 0.29) is 22.9 Å². The fourth-order valence-corrected chi connectivity index (χ4v) is 5.67. The molecule has 0 unspecified atom stereocenters. The molecule has 2 amide bonds. The van der Waals surface area contributed by atoms with Gasteiger partial charge in [-0.1, -0.05) is 83.6 Å². The number of nitrogens with zero attached hydrogens (tertiary/aromatic N) is 1. The molecule has 0 saturated heterocycles. The van der Waals surface area contributed by atoms with Crippen LogP contribution in [-0.4, -0.2) is 32.0 Å². The van der Waals surface area contributed by atoms with Gasteiger partial charge in [0.1, 0.15) is 5.75 Å². The van der Waals surface area contributed by atoms with Gasteiger partial charge in [0, 0.05) is 5.69 Å². The Morgan fingerprint density at radius 2 is 1.41 bits per heavy atom. The van der Waals surface area contributed by atoms with Crippen molar-refractivity contribution in [3.8, 4) is 5.75 Å². The number of carbonyl (C=O) groups is 1. The lowest BCUT2D eigenvalue weighted by Crippen LogP contribution is -2.19. The van der Waals surface area contributed by atoms with E-state index < -0.39 is 15.9 Å². The minimum Gasteiger partial charge on any atom is -0.506 e. The molecule has 0 saturated carbocycles. The molecular formula is C29H43N3O4S. The summed E-state index contributed by atoms with van der Waals surface area (Å²) in [6.07, 6.45) is 14.3. The third-order valence-corrected chi connectivity index (χ3v) is 8.00. The van der Waals surface area contributed by atoms with Gasteiger partial charge in [-0.25, -0.2) is 13.2 Å². The lowest BCUT2D eigenvalue weighted by Gasteiger charge is -2.11. The summed E-state index contributed by atoms with van der Waals surface area (Å²) in [7, 11) is -3.27. The first kappa shape index (κ1) is 30.4. The van der Waals surface area contributed by atoms with Crippen LogP contribution in [0.1, 0.15) is 89.5 Å². The van der Waals surface area contributed by atoms with Crippen molar-refractivity contribution in [1.82, 2.24) is 0 Å². The Hall–Kier alpha value is -2.87. The maximum absolute atomic E-state index is 12.5. The van der Waals surface area contributed by atoms with Gasteiger partial charge in [0.2, 0.25) is 0 Å². The van der Waals surface area contributed by atoms with Crippen molar-refractivity contribution in [2.45, 2.75) is 89.7 Å². The van der Waals surface area contributed by atoms with Gasteiger partial charge in [-0.2, -0.15) is 0 Å². The van der Waals surface area contributed by atoms with Crippen LogP contribution in [0.4, 0.5) is 21.9 Å². The number of phenolic OH excluding ortho intramolecular Hbond substituents is 1. The molecule has 0 aliphatic heterocycles. The van der Waals surface area contributed by atoms with E-state index >= 15 is 0 Å². The van der Waals surface area contributed by atoms with Crippen LogP contribution < -0.4 is 10.6 Å². The van der Waals surface area contributed by atoms with Crippen molar-refractivity contribution >= 4 is 39.6 Å². The summed E-state index contributed by atoms with van der Waals surface area (Å²) >= 11 is 0. The van der Waals surface area contributed by atoms with Crippen LogP contribution in [0.3, 0.4) is 0 Å². The number of sulfone groups is 1. The number of aromatic hydroxyl groups is 1. The number of urea groups is 1. The zero-order valence-corrected chi connectivity index (χ0v) is 23.0. The monoisotopic (exact) mass is 529 g/mol. The molecule has 0 atom stereocenters. The first-order valence-electron chi connectivity index (χ1n) is 13.5. The van der Waals surface area contributed by atoms with Crippen molar-refractivity contribution in [2.24, 2.45) is 4.99 Å². The highest BCUT2D eigenvalue weighted by Crippen LogP contribution is 2.26. The molecule has 2 rings (SSSR count). The fraction of sp³-hybridized carbons (Fsp3) is 0.517. The van der Waals surface area contributed by atoms with E-state index in [0.29, 0.717) is 23.4 Å². The van der Waals surface area contributed by atoms with Gasteiger partial charge in [-0.15, -0.1) is 0 Å². The summed E-state index contributed by atoms with van der Waals surface area (Å²) < 4.78 is 25.1. The summed E-state index contributed by atoms with van der Waals surface area (Å²) in [5, 5.41) is 15.5. The molecular weight excluding hydrogens is 486 g/mol. The minimum atomic E-state index is -3.27. The molecule has 0 aromatic heterocycles. The highest BCUT2D eigenvalue weighted by Gasteiger charge is 2.14.